The van der Waals surface area contributed by atoms with Crippen LogP contribution in [0.1, 0.15) is 11.1 Å². The van der Waals surface area contributed by atoms with Crippen molar-refractivity contribution in [3.63, 3.8) is 0 Å². The number of hydrogen-bond acceptors (Lipinski definition) is 4. The van der Waals surface area contributed by atoms with Crippen molar-refractivity contribution < 1.29 is 19.0 Å². The van der Waals surface area contributed by atoms with Gasteiger partial charge >= 0.3 is 5.97 Å². The molecule has 4 nitrogen and oxygen atoms in total. The van der Waals surface area contributed by atoms with Crippen LogP contribution in [-0.4, -0.2) is 24.8 Å². The number of ether oxygens (including phenoxy) is 3. The fourth-order valence-corrected chi connectivity index (χ4v) is 2.33. The van der Waals surface area contributed by atoms with Gasteiger partial charge in [-0.2, -0.15) is 0 Å². The van der Waals surface area contributed by atoms with Crippen molar-refractivity contribution >= 4 is 5.97 Å². The summed E-state index contributed by atoms with van der Waals surface area (Å²) in [6, 6.07) is 19.6. The van der Waals surface area contributed by atoms with Gasteiger partial charge < -0.3 is 14.2 Å². The highest BCUT2D eigenvalue weighted by Gasteiger charge is 2.38. The van der Waals surface area contributed by atoms with E-state index in [9.17, 15) is 4.79 Å². The third-order valence-electron chi connectivity index (χ3n) is 3.54. The highest BCUT2D eigenvalue weighted by Crippen LogP contribution is 2.18. The topological polar surface area (TPSA) is 44.8 Å². The molecule has 0 saturated carbocycles. The molecular weight excluding hydrogens is 280 g/mol. The molecule has 1 aliphatic rings. The number of esters is 1. The zero-order chi connectivity index (χ0) is 15.2. The van der Waals surface area contributed by atoms with Crippen molar-refractivity contribution in [2.75, 3.05) is 6.61 Å². The zero-order valence-electron chi connectivity index (χ0n) is 12.2. The zero-order valence-corrected chi connectivity index (χ0v) is 12.2. The summed E-state index contributed by atoms with van der Waals surface area (Å²) in [4.78, 5) is 11.8. The lowest BCUT2D eigenvalue weighted by Crippen LogP contribution is -2.32. The quantitative estimate of drug-likeness (QED) is 0.769. The molecule has 2 aromatic rings. The Balaban J connectivity index is 1.55. The van der Waals surface area contributed by atoms with Crippen molar-refractivity contribution in [3.05, 3.63) is 71.8 Å². The Hall–Kier alpha value is -2.17. The molecule has 0 N–H and O–H groups in total. The Morgan fingerprint density at radius 1 is 0.864 bits per heavy atom. The fourth-order valence-electron chi connectivity index (χ4n) is 2.33. The average molecular weight is 298 g/mol. The lowest BCUT2D eigenvalue weighted by molar-refractivity contribution is -0.150. The molecule has 0 bridgehead atoms. The van der Waals surface area contributed by atoms with Crippen LogP contribution in [0, 0.1) is 0 Å². The molecule has 0 aromatic heterocycles. The molecule has 22 heavy (non-hydrogen) atoms. The highest BCUT2D eigenvalue weighted by atomic mass is 16.6. The molecule has 4 heteroatoms. The summed E-state index contributed by atoms with van der Waals surface area (Å²) in [7, 11) is 0. The van der Waals surface area contributed by atoms with Gasteiger partial charge in [-0.1, -0.05) is 60.7 Å². The molecule has 0 radical (unpaired) electrons. The standard InChI is InChI=1S/C18H18O4/c19-18-17(21-12-15-9-5-2-6-10-15)16(13-22-18)20-11-14-7-3-1-4-8-14/h1-10,16-17H,11-13H2. The van der Waals surface area contributed by atoms with Gasteiger partial charge in [0.2, 0.25) is 0 Å². The summed E-state index contributed by atoms with van der Waals surface area (Å²) in [6.07, 6.45) is -1.03. The maximum Gasteiger partial charge on any atom is 0.338 e. The molecule has 114 valence electrons. The first-order chi connectivity index (χ1) is 10.8. The maximum atomic E-state index is 11.8. The molecule has 0 amide bonds. The molecular formula is C18H18O4. The van der Waals surface area contributed by atoms with Crippen LogP contribution in [0.5, 0.6) is 0 Å². The SMILES string of the molecule is O=C1OCC(OCc2ccccc2)C1OCc1ccccc1. The first kappa shape index (κ1) is 14.8. The minimum absolute atomic E-state index is 0.241. The predicted octanol–water partition coefficient (Wildman–Crippen LogP) is 2.71. The second kappa shape index (κ2) is 7.20. The number of benzene rings is 2. The molecule has 2 aromatic carbocycles. The van der Waals surface area contributed by atoms with Crippen LogP contribution in [0.4, 0.5) is 0 Å². The summed E-state index contributed by atoms with van der Waals surface area (Å²) in [5, 5.41) is 0. The van der Waals surface area contributed by atoms with E-state index in [-0.39, 0.29) is 18.7 Å². The molecule has 2 unspecified atom stereocenters. The summed E-state index contributed by atoms with van der Waals surface area (Å²) in [6.45, 7) is 1.05. The van der Waals surface area contributed by atoms with Crippen molar-refractivity contribution in [2.45, 2.75) is 25.4 Å². The van der Waals surface area contributed by atoms with E-state index in [0.29, 0.717) is 13.2 Å². The Morgan fingerprint density at radius 2 is 1.41 bits per heavy atom. The van der Waals surface area contributed by atoms with Gasteiger partial charge in [0.25, 0.3) is 0 Å². The van der Waals surface area contributed by atoms with Gasteiger partial charge in [-0.05, 0) is 11.1 Å². The molecule has 1 fully saturated rings. The first-order valence-electron chi connectivity index (χ1n) is 7.30. The van der Waals surface area contributed by atoms with E-state index in [0.717, 1.165) is 11.1 Å². The number of rotatable bonds is 6. The van der Waals surface area contributed by atoms with Crippen LogP contribution in [0.3, 0.4) is 0 Å². The van der Waals surface area contributed by atoms with Gasteiger partial charge in [0, 0.05) is 0 Å². The van der Waals surface area contributed by atoms with Crippen molar-refractivity contribution in [1.29, 1.82) is 0 Å². The minimum atomic E-state index is -0.663. The van der Waals surface area contributed by atoms with E-state index >= 15 is 0 Å². The highest BCUT2D eigenvalue weighted by molar-refractivity contribution is 5.77. The Bertz CT molecular complexity index is 597. The van der Waals surface area contributed by atoms with E-state index in [1.54, 1.807) is 0 Å². The number of carbonyl (C=O) groups is 1. The van der Waals surface area contributed by atoms with Gasteiger partial charge in [-0.15, -0.1) is 0 Å². The molecule has 3 rings (SSSR count). The summed E-state index contributed by atoms with van der Waals surface area (Å²) >= 11 is 0. The van der Waals surface area contributed by atoms with Gasteiger partial charge in [-0.3, -0.25) is 0 Å². The minimum Gasteiger partial charge on any atom is -0.461 e. The first-order valence-corrected chi connectivity index (χ1v) is 7.30. The number of cyclic esters (lactones) is 1. The van der Waals surface area contributed by atoms with Gasteiger partial charge in [0.05, 0.1) is 13.2 Å². The molecule has 0 aliphatic carbocycles. The van der Waals surface area contributed by atoms with E-state index in [2.05, 4.69) is 0 Å². The van der Waals surface area contributed by atoms with Crippen LogP contribution in [-0.2, 0) is 32.2 Å². The summed E-state index contributed by atoms with van der Waals surface area (Å²) < 4.78 is 16.6. The second-order valence-corrected chi connectivity index (χ2v) is 5.18. The third kappa shape index (κ3) is 3.72. The normalized spacial score (nSPS) is 20.8. The Kier molecular flexibility index (Phi) is 4.83. The van der Waals surface area contributed by atoms with Crippen molar-refractivity contribution in [1.82, 2.24) is 0 Å². The average Bonchev–Trinajstić information content (AvgIpc) is 2.93. The summed E-state index contributed by atoms with van der Waals surface area (Å²) in [5.41, 5.74) is 2.08. The Morgan fingerprint density at radius 3 is 2.00 bits per heavy atom. The van der Waals surface area contributed by atoms with Crippen LogP contribution >= 0.6 is 0 Å². The van der Waals surface area contributed by atoms with Crippen LogP contribution in [0.25, 0.3) is 0 Å². The lowest BCUT2D eigenvalue weighted by atomic mass is 10.2. The lowest BCUT2D eigenvalue weighted by Gasteiger charge is -2.17. The maximum absolute atomic E-state index is 11.8. The van der Waals surface area contributed by atoms with Crippen LogP contribution in [0.15, 0.2) is 60.7 Å². The smallest absolute Gasteiger partial charge is 0.338 e. The second-order valence-electron chi connectivity index (χ2n) is 5.18. The van der Waals surface area contributed by atoms with Crippen molar-refractivity contribution in [2.24, 2.45) is 0 Å². The van der Waals surface area contributed by atoms with E-state index in [4.69, 9.17) is 14.2 Å². The molecule has 0 spiro atoms. The summed E-state index contributed by atoms with van der Waals surface area (Å²) in [5.74, 6) is -0.353. The van der Waals surface area contributed by atoms with Crippen LogP contribution in [0.2, 0.25) is 0 Å². The largest absolute Gasteiger partial charge is 0.461 e. The number of carbonyl (C=O) groups excluding carboxylic acids is 1. The van der Waals surface area contributed by atoms with E-state index in [1.165, 1.54) is 0 Å². The molecule has 1 heterocycles. The van der Waals surface area contributed by atoms with Gasteiger partial charge in [0.1, 0.15) is 12.7 Å². The van der Waals surface area contributed by atoms with Crippen LogP contribution < -0.4 is 0 Å². The van der Waals surface area contributed by atoms with E-state index < -0.39 is 6.10 Å². The van der Waals surface area contributed by atoms with Crippen molar-refractivity contribution in [3.8, 4) is 0 Å². The number of hydrogen-bond donors (Lipinski definition) is 0. The van der Waals surface area contributed by atoms with E-state index in [1.807, 2.05) is 60.7 Å². The fraction of sp³-hybridized carbons (Fsp3) is 0.278. The third-order valence-corrected chi connectivity index (χ3v) is 3.54. The monoisotopic (exact) mass is 298 g/mol. The predicted molar refractivity (Wildman–Crippen MR) is 81.0 cm³/mol. The van der Waals surface area contributed by atoms with Gasteiger partial charge in [0.15, 0.2) is 6.10 Å². The molecule has 2 atom stereocenters. The molecule has 1 saturated heterocycles. The molecule has 1 aliphatic heterocycles. The van der Waals surface area contributed by atoms with Gasteiger partial charge in [-0.25, -0.2) is 4.79 Å². The Labute approximate surface area is 129 Å².